The van der Waals surface area contributed by atoms with Crippen LogP contribution >= 0.6 is 11.6 Å². The number of sulfonamides is 1. The summed E-state index contributed by atoms with van der Waals surface area (Å²) in [7, 11) is -3.78. The van der Waals surface area contributed by atoms with Crippen LogP contribution in [0.2, 0.25) is 0 Å². The molecule has 6 heteroatoms. The fraction of sp³-hybridized carbons (Fsp3) is 0.133. The highest BCUT2D eigenvalue weighted by atomic mass is 35.5. The maximum Gasteiger partial charge on any atom is 0.262 e. The number of hydrogen-bond acceptors (Lipinski definition) is 3. The molecule has 2 aromatic carbocycles. The van der Waals surface area contributed by atoms with Crippen LogP contribution < -0.4 is 4.72 Å². The maximum absolute atomic E-state index is 12.5. The molecule has 0 heterocycles. The first-order valence-electron chi connectivity index (χ1n) is 6.20. The van der Waals surface area contributed by atoms with Crippen LogP contribution in [0.1, 0.15) is 21.5 Å². The van der Waals surface area contributed by atoms with Crippen molar-refractivity contribution in [3.63, 3.8) is 0 Å². The Labute approximate surface area is 128 Å². The van der Waals surface area contributed by atoms with Crippen molar-refractivity contribution in [3.05, 3.63) is 59.2 Å². The molecule has 0 aromatic heterocycles. The molecule has 0 aliphatic rings. The Kier molecular flexibility index (Phi) is 4.34. The van der Waals surface area contributed by atoms with Gasteiger partial charge >= 0.3 is 0 Å². The van der Waals surface area contributed by atoms with E-state index in [1.54, 1.807) is 31.2 Å². The van der Waals surface area contributed by atoms with E-state index in [0.29, 0.717) is 5.56 Å². The molecule has 0 saturated carbocycles. The summed E-state index contributed by atoms with van der Waals surface area (Å²) in [6.45, 7) is 3.53. The van der Waals surface area contributed by atoms with Crippen molar-refractivity contribution < 1.29 is 13.2 Å². The Morgan fingerprint density at radius 1 is 1.10 bits per heavy atom. The summed E-state index contributed by atoms with van der Waals surface area (Å²) in [5, 5.41) is -0.714. The lowest BCUT2D eigenvalue weighted by Crippen LogP contribution is -2.16. The third kappa shape index (κ3) is 3.43. The lowest BCUT2D eigenvalue weighted by Gasteiger charge is -2.12. The predicted molar refractivity (Wildman–Crippen MR) is 83.4 cm³/mol. The molecule has 0 aliphatic carbocycles. The number of halogens is 1. The molecule has 0 spiro atoms. The molecular formula is C15H14ClNO3S. The second kappa shape index (κ2) is 5.87. The molecular weight excluding hydrogens is 310 g/mol. The van der Waals surface area contributed by atoms with Crippen molar-refractivity contribution in [2.45, 2.75) is 18.7 Å². The average Bonchev–Trinajstić information content (AvgIpc) is 2.41. The molecule has 0 aliphatic heterocycles. The molecule has 2 rings (SSSR count). The monoisotopic (exact) mass is 323 g/mol. The summed E-state index contributed by atoms with van der Waals surface area (Å²) < 4.78 is 27.4. The third-order valence-corrected chi connectivity index (χ3v) is 4.73. The van der Waals surface area contributed by atoms with Gasteiger partial charge in [-0.2, -0.15) is 0 Å². The largest absolute Gasteiger partial charge is 0.279 e. The zero-order valence-electron chi connectivity index (χ0n) is 11.6. The zero-order valence-corrected chi connectivity index (χ0v) is 13.1. The van der Waals surface area contributed by atoms with Crippen molar-refractivity contribution in [3.8, 4) is 0 Å². The van der Waals surface area contributed by atoms with Crippen LogP contribution in [-0.4, -0.2) is 13.7 Å². The SMILES string of the molecule is Cc1ccc(C)c(S(=O)(=O)Nc2ccccc2C(=O)Cl)c1. The highest BCUT2D eigenvalue weighted by Crippen LogP contribution is 2.23. The number of para-hydroxylation sites is 1. The number of carbonyl (C=O) groups excluding carboxylic acids is 1. The Balaban J connectivity index is 2.48. The van der Waals surface area contributed by atoms with Gasteiger partial charge in [-0.15, -0.1) is 0 Å². The van der Waals surface area contributed by atoms with Gasteiger partial charge in [0, 0.05) is 0 Å². The van der Waals surface area contributed by atoms with Crippen molar-refractivity contribution in [1.82, 2.24) is 0 Å². The van der Waals surface area contributed by atoms with Gasteiger partial charge in [0.15, 0.2) is 0 Å². The Morgan fingerprint density at radius 3 is 2.43 bits per heavy atom. The lowest BCUT2D eigenvalue weighted by molar-refractivity contribution is 0.108. The topological polar surface area (TPSA) is 63.2 Å². The van der Waals surface area contributed by atoms with E-state index in [9.17, 15) is 13.2 Å². The van der Waals surface area contributed by atoms with Gasteiger partial charge in [-0.3, -0.25) is 9.52 Å². The van der Waals surface area contributed by atoms with E-state index in [-0.39, 0.29) is 16.1 Å². The fourth-order valence-electron chi connectivity index (χ4n) is 1.94. The van der Waals surface area contributed by atoms with Gasteiger partial charge in [0.05, 0.1) is 16.1 Å². The van der Waals surface area contributed by atoms with Crippen molar-refractivity contribution in [2.75, 3.05) is 4.72 Å². The summed E-state index contributed by atoms with van der Waals surface area (Å²) in [6, 6.07) is 11.4. The van der Waals surface area contributed by atoms with Crippen molar-refractivity contribution in [2.24, 2.45) is 0 Å². The van der Waals surface area contributed by atoms with Crippen molar-refractivity contribution in [1.29, 1.82) is 0 Å². The summed E-state index contributed by atoms with van der Waals surface area (Å²) >= 11 is 5.47. The first-order valence-corrected chi connectivity index (χ1v) is 8.06. The van der Waals surface area contributed by atoms with E-state index >= 15 is 0 Å². The fourth-order valence-corrected chi connectivity index (χ4v) is 3.52. The molecule has 0 unspecified atom stereocenters. The van der Waals surface area contributed by atoms with Gasteiger partial charge in [0.2, 0.25) is 0 Å². The summed E-state index contributed by atoms with van der Waals surface area (Å²) in [4.78, 5) is 11.5. The minimum atomic E-state index is -3.78. The zero-order chi connectivity index (χ0) is 15.6. The molecule has 2 aromatic rings. The standard InChI is InChI=1S/C15H14ClNO3S/c1-10-7-8-11(2)14(9-10)21(19,20)17-13-6-4-3-5-12(13)15(16)18/h3-9,17H,1-2H3. The first-order chi connectivity index (χ1) is 9.81. The van der Waals surface area contributed by atoms with Gasteiger partial charge in [-0.25, -0.2) is 8.42 Å². The predicted octanol–water partition coefficient (Wildman–Crippen LogP) is 3.48. The number of anilines is 1. The number of rotatable bonds is 4. The minimum Gasteiger partial charge on any atom is -0.279 e. The van der Waals surface area contributed by atoms with E-state index in [1.165, 1.54) is 12.1 Å². The van der Waals surface area contributed by atoms with Gasteiger partial charge in [0.25, 0.3) is 15.3 Å². The van der Waals surface area contributed by atoms with Crippen LogP contribution in [0, 0.1) is 13.8 Å². The average molecular weight is 324 g/mol. The molecule has 0 atom stereocenters. The smallest absolute Gasteiger partial charge is 0.262 e. The third-order valence-electron chi connectivity index (χ3n) is 3.02. The summed E-state index contributed by atoms with van der Waals surface area (Å²) in [5.74, 6) is 0. The Hall–Kier alpha value is -1.85. The van der Waals surface area contributed by atoms with Crippen LogP contribution in [0.25, 0.3) is 0 Å². The number of benzene rings is 2. The Morgan fingerprint density at radius 2 is 1.76 bits per heavy atom. The van der Waals surface area contributed by atoms with Gasteiger partial charge in [-0.1, -0.05) is 24.3 Å². The minimum absolute atomic E-state index is 0.119. The molecule has 0 fully saturated rings. The van der Waals surface area contributed by atoms with E-state index < -0.39 is 15.3 Å². The van der Waals surface area contributed by atoms with E-state index in [4.69, 9.17) is 11.6 Å². The number of carbonyl (C=O) groups is 1. The highest BCUT2D eigenvalue weighted by molar-refractivity contribution is 7.92. The molecule has 4 nitrogen and oxygen atoms in total. The van der Waals surface area contributed by atoms with E-state index in [2.05, 4.69) is 4.72 Å². The van der Waals surface area contributed by atoms with Crippen LogP contribution in [0.5, 0.6) is 0 Å². The van der Waals surface area contributed by atoms with Crippen LogP contribution in [-0.2, 0) is 10.0 Å². The quantitative estimate of drug-likeness (QED) is 0.876. The summed E-state index contributed by atoms with van der Waals surface area (Å²) in [6.07, 6.45) is 0. The molecule has 1 N–H and O–H groups in total. The lowest BCUT2D eigenvalue weighted by atomic mass is 10.2. The second-order valence-corrected chi connectivity index (χ2v) is 6.69. The molecule has 110 valence electrons. The number of nitrogens with one attached hydrogen (secondary N) is 1. The molecule has 0 saturated heterocycles. The molecule has 0 radical (unpaired) electrons. The van der Waals surface area contributed by atoms with Gasteiger partial charge in [-0.05, 0) is 54.8 Å². The maximum atomic E-state index is 12.5. The first kappa shape index (κ1) is 15.5. The normalized spacial score (nSPS) is 11.2. The Bertz CT molecular complexity index is 800. The van der Waals surface area contributed by atoms with E-state index in [1.807, 2.05) is 13.0 Å². The number of aryl methyl sites for hydroxylation is 2. The molecule has 21 heavy (non-hydrogen) atoms. The second-order valence-electron chi connectivity index (χ2n) is 4.69. The number of hydrogen-bond donors (Lipinski definition) is 1. The summed E-state index contributed by atoms with van der Waals surface area (Å²) in [5.41, 5.74) is 1.75. The molecule has 0 bridgehead atoms. The van der Waals surface area contributed by atoms with Crippen molar-refractivity contribution >= 4 is 32.6 Å². The van der Waals surface area contributed by atoms with Crippen LogP contribution in [0.15, 0.2) is 47.4 Å². The van der Waals surface area contributed by atoms with Crippen LogP contribution in [0.3, 0.4) is 0 Å². The van der Waals surface area contributed by atoms with Gasteiger partial charge < -0.3 is 0 Å². The molecule has 0 amide bonds. The van der Waals surface area contributed by atoms with Gasteiger partial charge in [0.1, 0.15) is 0 Å². The van der Waals surface area contributed by atoms with E-state index in [0.717, 1.165) is 5.56 Å². The van der Waals surface area contributed by atoms with Crippen LogP contribution in [0.4, 0.5) is 5.69 Å². The highest BCUT2D eigenvalue weighted by Gasteiger charge is 2.19.